The van der Waals surface area contributed by atoms with Crippen molar-refractivity contribution in [3.63, 3.8) is 0 Å². The Morgan fingerprint density at radius 1 is 1.20 bits per heavy atom. The second-order valence-electron chi connectivity index (χ2n) is 7.23. The summed E-state index contributed by atoms with van der Waals surface area (Å²) in [6.45, 7) is 0.944. The lowest BCUT2D eigenvalue weighted by Crippen LogP contribution is -2.40. The van der Waals surface area contributed by atoms with Crippen LogP contribution in [-0.2, 0) is 22.6 Å². The van der Waals surface area contributed by atoms with Gasteiger partial charge >= 0.3 is 0 Å². The normalized spacial score (nSPS) is 15.5. The number of hydrogen-bond donors (Lipinski definition) is 1. The summed E-state index contributed by atoms with van der Waals surface area (Å²) in [4.78, 5) is 32.2. The van der Waals surface area contributed by atoms with E-state index in [2.05, 4.69) is 10.3 Å². The SMILES string of the molecule is O=C(CCC(=O)N1CCc2sccc2C1c1cccc(F)c1)NCc1cccnc1. The molecule has 3 aromatic rings. The monoisotopic (exact) mass is 423 g/mol. The van der Waals surface area contributed by atoms with Gasteiger partial charge in [0.2, 0.25) is 11.8 Å². The molecular weight excluding hydrogens is 401 g/mol. The van der Waals surface area contributed by atoms with Gasteiger partial charge in [-0.1, -0.05) is 18.2 Å². The van der Waals surface area contributed by atoms with E-state index in [-0.39, 0.29) is 36.5 Å². The van der Waals surface area contributed by atoms with Gasteiger partial charge in [-0.3, -0.25) is 14.6 Å². The average molecular weight is 424 g/mol. The zero-order chi connectivity index (χ0) is 20.9. The summed E-state index contributed by atoms with van der Waals surface area (Å²) in [5.74, 6) is -0.600. The van der Waals surface area contributed by atoms with E-state index in [4.69, 9.17) is 0 Å². The molecule has 7 heteroatoms. The van der Waals surface area contributed by atoms with E-state index >= 15 is 0 Å². The molecule has 1 unspecified atom stereocenters. The molecule has 0 fully saturated rings. The van der Waals surface area contributed by atoms with Crippen molar-refractivity contribution in [1.29, 1.82) is 0 Å². The highest BCUT2D eigenvalue weighted by atomic mass is 32.1. The van der Waals surface area contributed by atoms with Gasteiger partial charge in [-0.05, 0) is 52.8 Å². The van der Waals surface area contributed by atoms with Gasteiger partial charge in [0.1, 0.15) is 5.82 Å². The maximum atomic E-state index is 13.9. The van der Waals surface area contributed by atoms with Crippen molar-refractivity contribution < 1.29 is 14.0 Å². The molecule has 0 spiro atoms. The second kappa shape index (κ2) is 9.17. The Morgan fingerprint density at radius 3 is 2.90 bits per heavy atom. The van der Waals surface area contributed by atoms with Crippen LogP contribution in [0.4, 0.5) is 4.39 Å². The molecule has 2 amide bonds. The van der Waals surface area contributed by atoms with Crippen molar-refractivity contribution in [1.82, 2.24) is 15.2 Å². The van der Waals surface area contributed by atoms with Gasteiger partial charge in [0.15, 0.2) is 0 Å². The molecule has 1 aliphatic heterocycles. The third-order valence-corrected chi connectivity index (χ3v) is 6.23. The highest BCUT2D eigenvalue weighted by Gasteiger charge is 2.32. The van der Waals surface area contributed by atoms with E-state index in [1.807, 2.05) is 29.6 Å². The average Bonchev–Trinajstić information content (AvgIpc) is 3.25. The highest BCUT2D eigenvalue weighted by Crippen LogP contribution is 2.38. The Bertz CT molecular complexity index is 1040. The Balaban J connectivity index is 1.42. The van der Waals surface area contributed by atoms with Crippen LogP contribution < -0.4 is 5.32 Å². The number of rotatable bonds is 6. The molecular formula is C23H22FN3O2S. The van der Waals surface area contributed by atoms with E-state index in [0.29, 0.717) is 13.1 Å². The Morgan fingerprint density at radius 2 is 2.10 bits per heavy atom. The lowest BCUT2D eigenvalue weighted by atomic mass is 9.92. The third-order valence-electron chi connectivity index (χ3n) is 5.23. The molecule has 4 rings (SSSR count). The summed E-state index contributed by atoms with van der Waals surface area (Å²) in [5, 5.41) is 4.83. The van der Waals surface area contributed by atoms with Crippen LogP contribution in [0.3, 0.4) is 0 Å². The number of nitrogens with zero attached hydrogens (tertiary/aromatic N) is 2. The number of nitrogens with one attached hydrogen (secondary N) is 1. The zero-order valence-corrected chi connectivity index (χ0v) is 17.2. The van der Waals surface area contributed by atoms with Crippen LogP contribution in [0.5, 0.6) is 0 Å². The molecule has 154 valence electrons. The topological polar surface area (TPSA) is 62.3 Å². The number of thiophene rings is 1. The second-order valence-corrected chi connectivity index (χ2v) is 8.23. The van der Waals surface area contributed by atoms with Gasteiger partial charge < -0.3 is 10.2 Å². The maximum absolute atomic E-state index is 13.9. The minimum absolute atomic E-state index is 0.0994. The van der Waals surface area contributed by atoms with Crippen molar-refractivity contribution in [3.8, 4) is 0 Å². The van der Waals surface area contributed by atoms with Crippen molar-refractivity contribution in [2.24, 2.45) is 0 Å². The van der Waals surface area contributed by atoms with Gasteiger partial charge in [-0.15, -0.1) is 11.3 Å². The minimum atomic E-state index is -0.322. The molecule has 3 heterocycles. The number of benzene rings is 1. The lowest BCUT2D eigenvalue weighted by molar-refractivity contribution is -0.135. The molecule has 30 heavy (non-hydrogen) atoms. The van der Waals surface area contributed by atoms with Gasteiger partial charge in [-0.2, -0.15) is 0 Å². The molecule has 2 aromatic heterocycles. The first-order valence-corrected chi connectivity index (χ1v) is 10.8. The van der Waals surface area contributed by atoms with E-state index in [1.54, 1.807) is 34.7 Å². The molecule has 0 bridgehead atoms. The predicted octanol–water partition coefficient (Wildman–Crippen LogP) is 3.85. The molecule has 1 N–H and O–H groups in total. The highest BCUT2D eigenvalue weighted by molar-refractivity contribution is 7.10. The van der Waals surface area contributed by atoms with Crippen LogP contribution in [0.2, 0.25) is 0 Å². The summed E-state index contributed by atoms with van der Waals surface area (Å²) in [7, 11) is 0. The fourth-order valence-electron chi connectivity index (χ4n) is 3.78. The smallest absolute Gasteiger partial charge is 0.223 e. The first-order chi connectivity index (χ1) is 14.6. The van der Waals surface area contributed by atoms with Gasteiger partial charge in [-0.25, -0.2) is 4.39 Å². The van der Waals surface area contributed by atoms with Crippen LogP contribution in [0.25, 0.3) is 0 Å². The quantitative estimate of drug-likeness (QED) is 0.655. The Kier molecular flexibility index (Phi) is 6.18. The van der Waals surface area contributed by atoms with Crippen molar-refractivity contribution in [3.05, 3.63) is 87.6 Å². The molecule has 5 nitrogen and oxygen atoms in total. The fraction of sp³-hybridized carbons (Fsp3) is 0.261. The Labute approximate surface area is 178 Å². The van der Waals surface area contributed by atoms with Crippen LogP contribution in [-0.4, -0.2) is 28.2 Å². The van der Waals surface area contributed by atoms with E-state index in [9.17, 15) is 14.0 Å². The summed E-state index contributed by atoms with van der Waals surface area (Å²) >= 11 is 1.66. The third kappa shape index (κ3) is 4.57. The largest absolute Gasteiger partial charge is 0.352 e. The molecule has 1 aromatic carbocycles. The number of carbonyl (C=O) groups is 2. The zero-order valence-electron chi connectivity index (χ0n) is 16.4. The minimum Gasteiger partial charge on any atom is -0.352 e. The van der Waals surface area contributed by atoms with Crippen LogP contribution in [0.1, 0.15) is 40.5 Å². The summed E-state index contributed by atoms with van der Waals surface area (Å²) in [5.41, 5.74) is 2.71. The molecule has 0 radical (unpaired) electrons. The first kappa shape index (κ1) is 20.2. The number of amides is 2. The van der Waals surface area contributed by atoms with Gasteiger partial charge in [0.25, 0.3) is 0 Å². The van der Waals surface area contributed by atoms with Crippen molar-refractivity contribution in [2.75, 3.05) is 6.54 Å². The van der Waals surface area contributed by atoms with E-state index in [1.165, 1.54) is 17.0 Å². The van der Waals surface area contributed by atoms with E-state index in [0.717, 1.165) is 23.1 Å². The molecule has 0 saturated heterocycles. The summed E-state index contributed by atoms with van der Waals surface area (Å²) < 4.78 is 13.9. The standard InChI is InChI=1S/C23H22FN3O2S/c24-18-5-1-4-17(13-18)23-19-9-12-30-20(19)8-11-27(23)22(29)7-6-21(28)26-15-16-3-2-10-25-14-16/h1-5,9-10,12-14,23H,6-8,11,15H2,(H,26,28). The van der Waals surface area contributed by atoms with Gasteiger partial charge in [0.05, 0.1) is 6.04 Å². The number of carbonyl (C=O) groups excluding carboxylic acids is 2. The molecule has 0 aliphatic carbocycles. The molecule has 0 saturated carbocycles. The van der Waals surface area contributed by atoms with Crippen LogP contribution in [0.15, 0.2) is 60.2 Å². The number of fused-ring (bicyclic) bond motifs is 1. The van der Waals surface area contributed by atoms with Crippen molar-refractivity contribution in [2.45, 2.75) is 31.8 Å². The first-order valence-electron chi connectivity index (χ1n) is 9.88. The van der Waals surface area contributed by atoms with E-state index < -0.39 is 0 Å². The van der Waals surface area contributed by atoms with Gasteiger partial charge in [0, 0.05) is 43.2 Å². The summed E-state index contributed by atoms with van der Waals surface area (Å²) in [6.07, 6.45) is 4.38. The molecule has 1 aliphatic rings. The Hall–Kier alpha value is -3.06. The predicted molar refractivity (Wildman–Crippen MR) is 113 cm³/mol. The number of pyridine rings is 1. The molecule has 1 atom stereocenters. The fourth-order valence-corrected chi connectivity index (χ4v) is 4.68. The number of hydrogen-bond acceptors (Lipinski definition) is 4. The summed E-state index contributed by atoms with van der Waals surface area (Å²) in [6, 6.07) is 11.8. The number of halogens is 1. The van der Waals surface area contributed by atoms with Crippen LogP contribution >= 0.6 is 11.3 Å². The van der Waals surface area contributed by atoms with Crippen molar-refractivity contribution >= 4 is 23.2 Å². The maximum Gasteiger partial charge on any atom is 0.223 e. The number of aromatic nitrogens is 1. The van der Waals surface area contributed by atoms with Crippen LogP contribution in [0, 0.1) is 5.82 Å². The lowest BCUT2D eigenvalue weighted by Gasteiger charge is -2.36.